The van der Waals surface area contributed by atoms with E-state index in [9.17, 15) is 4.39 Å². The maximum absolute atomic E-state index is 13.4. The van der Waals surface area contributed by atoms with Gasteiger partial charge in [-0.25, -0.2) is 14.4 Å². The zero-order valence-electron chi connectivity index (χ0n) is 13.2. The molecule has 23 heavy (non-hydrogen) atoms. The average molecular weight is 316 g/mol. The lowest BCUT2D eigenvalue weighted by molar-refractivity contribution is 0.131. The van der Waals surface area contributed by atoms with Crippen molar-refractivity contribution in [3.8, 4) is 0 Å². The van der Waals surface area contributed by atoms with E-state index in [-0.39, 0.29) is 5.82 Å². The number of anilines is 1. The molecule has 0 spiro atoms. The fourth-order valence-corrected chi connectivity index (χ4v) is 2.53. The Balaban J connectivity index is 1.68. The van der Waals surface area contributed by atoms with Crippen molar-refractivity contribution in [1.29, 1.82) is 0 Å². The second-order valence-electron chi connectivity index (χ2n) is 5.51. The lowest BCUT2D eigenvalue weighted by atomic mass is 10.2. The van der Waals surface area contributed by atoms with E-state index in [0.717, 1.165) is 66.8 Å². The van der Waals surface area contributed by atoms with Gasteiger partial charge in [-0.05, 0) is 31.0 Å². The molecule has 0 saturated carbocycles. The average Bonchev–Trinajstić information content (AvgIpc) is 2.93. The Kier molecular flexibility index (Phi) is 5.02. The molecule has 0 aliphatic carbocycles. The highest BCUT2D eigenvalue weighted by Gasteiger charge is 2.10. The molecule has 3 aromatic rings. The van der Waals surface area contributed by atoms with Crippen LogP contribution in [-0.4, -0.2) is 34.7 Å². The third-order valence-corrected chi connectivity index (χ3v) is 3.74. The van der Waals surface area contributed by atoms with Crippen LogP contribution >= 0.6 is 0 Å². The number of rotatable bonds is 8. The summed E-state index contributed by atoms with van der Waals surface area (Å²) in [6, 6.07) is 4.65. The number of aromatic nitrogens is 3. The molecular weight excluding hydrogens is 295 g/mol. The van der Waals surface area contributed by atoms with Crippen LogP contribution in [0.1, 0.15) is 26.2 Å². The zero-order chi connectivity index (χ0) is 16.1. The first-order valence-electron chi connectivity index (χ1n) is 8.03. The highest BCUT2D eigenvalue weighted by atomic mass is 19.1. The number of nitrogens with zero attached hydrogens (tertiary/aromatic N) is 2. The molecule has 0 unspecified atom stereocenters. The van der Waals surface area contributed by atoms with E-state index in [1.54, 1.807) is 6.07 Å². The van der Waals surface area contributed by atoms with Crippen molar-refractivity contribution in [2.45, 2.75) is 26.2 Å². The molecule has 0 aliphatic heterocycles. The first kappa shape index (κ1) is 15.7. The highest BCUT2D eigenvalue weighted by Crippen LogP contribution is 2.27. The molecule has 2 aromatic heterocycles. The monoisotopic (exact) mass is 316 g/mol. The van der Waals surface area contributed by atoms with E-state index in [1.807, 2.05) is 0 Å². The van der Waals surface area contributed by atoms with Gasteiger partial charge in [-0.15, -0.1) is 0 Å². The second-order valence-corrected chi connectivity index (χ2v) is 5.51. The quantitative estimate of drug-likeness (QED) is 0.619. The molecule has 0 saturated heterocycles. The summed E-state index contributed by atoms with van der Waals surface area (Å²) in [5, 5.41) is 4.07. The van der Waals surface area contributed by atoms with Crippen LogP contribution in [0.5, 0.6) is 0 Å². The van der Waals surface area contributed by atoms with E-state index in [1.165, 1.54) is 18.5 Å². The van der Waals surface area contributed by atoms with Gasteiger partial charge in [0.05, 0.1) is 0 Å². The number of halogens is 1. The third-order valence-electron chi connectivity index (χ3n) is 3.74. The minimum absolute atomic E-state index is 0.268. The van der Waals surface area contributed by atoms with Crippen LogP contribution in [0.4, 0.5) is 10.2 Å². The van der Waals surface area contributed by atoms with Gasteiger partial charge < -0.3 is 15.0 Å². The Morgan fingerprint density at radius 2 is 2.09 bits per heavy atom. The maximum Gasteiger partial charge on any atom is 0.153 e. The number of ether oxygens (including phenoxy) is 1. The van der Waals surface area contributed by atoms with Gasteiger partial charge in [0.15, 0.2) is 5.82 Å². The number of hydrogen-bond donors (Lipinski definition) is 2. The number of H-pyrrole nitrogens is 1. The zero-order valence-corrected chi connectivity index (χ0v) is 13.2. The van der Waals surface area contributed by atoms with Gasteiger partial charge in [-0.2, -0.15) is 0 Å². The normalized spacial score (nSPS) is 11.4. The van der Waals surface area contributed by atoms with Gasteiger partial charge in [0.1, 0.15) is 23.2 Å². The summed E-state index contributed by atoms with van der Waals surface area (Å²) in [4.78, 5) is 11.8. The predicted molar refractivity (Wildman–Crippen MR) is 90.2 cm³/mol. The number of fused-ring (bicyclic) bond motifs is 3. The minimum Gasteiger partial charge on any atom is -0.381 e. The summed E-state index contributed by atoms with van der Waals surface area (Å²) >= 11 is 0. The summed E-state index contributed by atoms with van der Waals surface area (Å²) in [6.45, 7) is 4.47. The minimum atomic E-state index is -0.268. The smallest absolute Gasteiger partial charge is 0.153 e. The number of nitrogens with one attached hydrogen (secondary N) is 2. The molecule has 0 amide bonds. The molecule has 5 nitrogen and oxygen atoms in total. The van der Waals surface area contributed by atoms with Gasteiger partial charge in [0, 0.05) is 30.7 Å². The largest absolute Gasteiger partial charge is 0.381 e. The van der Waals surface area contributed by atoms with Gasteiger partial charge >= 0.3 is 0 Å². The van der Waals surface area contributed by atoms with Crippen LogP contribution in [0.15, 0.2) is 24.5 Å². The molecule has 0 aliphatic rings. The fraction of sp³-hybridized carbons (Fsp3) is 0.412. The number of unbranched alkanes of at least 4 members (excludes halogenated alkanes) is 1. The first-order chi connectivity index (χ1) is 11.3. The highest BCUT2D eigenvalue weighted by molar-refractivity contribution is 6.07. The van der Waals surface area contributed by atoms with Crippen molar-refractivity contribution in [2.75, 3.05) is 25.1 Å². The maximum atomic E-state index is 13.4. The Bertz CT molecular complexity index is 787. The van der Waals surface area contributed by atoms with Crippen LogP contribution in [0.3, 0.4) is 0 Å². The number of benzene rings is 1. The molecule has 0 atom stereocenters. The Hall–Kier alpha value is -2.21. The van der Waals surface area contributed by atoms with Crippen molar-refractivity contribution in [1.82, 2.24) is 15.0 Å². The summed E-state index contributed by atoms with van der Waals surface area (Å²) in [5.41, 5.74) is 2.39. The molecule has 1 aromatic carbocycles. The topological polar surface area (TPSA) is 62.8 Å². The standard InChI is InChI=1S/C17H21FN4O/c1-2-3-8-23-9-4-7-19-17-16-15(20-11-21-17)13-10-12(18)5-6-14(13)22-16/h5-6,10-11,22H,2-4,7-9H2,1H3,(H,19,20,21). The lowest BCUT2D eigenvalue weighted by Crippen LogP contribution is -2.08. The van der Waals surface area contributed by atoms with Gasteiger partial charge in [0.25, 0.3) is 0 Å². The summed E-state index contributed by atoms with van der Waals surface area (Å²) in [6.07, 6.45) is 4.66. The molecule has 0 bridgehead atoms. The van der Waals surface area contributed by atoms with Crippen molar-refractivity contribution < 1.29 is 9.13 Å². The van der Waals surface area contributed by atoms with Gasteiger partial charge in [-0.1, -0.05) is 13.3 Å². The third kappa shape index (κ3) is 3.59. The molecule has 2 N–H and O–H groups in total. The predicted octanol–water partition coefficient (Wildman–Crippen LogP) is 3.87. The van der Waals surface area contributed by atoms with Crippen LogP contribution in [0, 0.1) is 5.82 Å². The second kappa shape index (κ2) is 7.37. The van der Waals surface area contributed by atoms with Crippen molar-refractivity contribution >= 4 is 27.8 Å². The first-order valence-corrected chi connectivity index (χ1v) is 8.03. The molecule has 0 fully saturated rings. The summed E-state index contributed by atoms with van der Waals surface area (Å²) < 4.78 is 19.0. The van der Waals surface area contributed by atoms with Crippen molar-refractivity contribution in [3.63, 3.8) is 0 Å². The van der Waals surface area contributed by atoms with E-state index in [2.05, 4.69) is 27.2 Å². The molecule has 0 radical (unpaired) electrons. The van der Waals surface area contributed by atoms with Crippen LogP contribution in [-0.2, 0) is 4.74 Å². The van der Waals surface area contributed by atoms with E-state index in [0.29, 0.717) is 0 Å². The number of hydrogen-bond acceptors (Lipinski definition) is 4. The van der Waals surface area contributed by atoms with Crippen LogP contribution in [0.2, 0.25) is 0 Å². The Morgan fingerprint density at radius 3 is 2.96 bits per heavy atom. The van der Waals surface area contributed by atoms with E-state index in [4.69, 9.17) is 4.74 Å². The van der Waals surface area contributed by atoms with Crippen LogP contribution < -0.4 is 5.32 Å². The van der Waals surface area contributed by atoms with Crippen molar-refractivity contribution in [3.05, 3.63) is 30.3 Å². The van der Waals surface area contributed by atoms with E-state index < -0.39 is 0 Å². The molecule has 122 valence electrons. The molecular formula is C17H21FN4O. The SMILES string of the molecule is CCCCOCCCNc1ncnc2c1[nH]c1ccc(F)cc12. The molecule has 6 heteroatoms. The lowest BCUT2D eigenvalue weighted by Gasteiger charge is -2.06. The Morgan fingerprint density at radius 1 is 1.22 bits per heavy atom. The number of aromatic amines is 1. The molecule has 3 rings (SSSR count). The van der Waals surface area contributed by atoms with Gasteiger partial charge in [0.2, 0.25) is 0 Å². The van der Waals surface area contributed by atoms with Crippen LogP contribution in [0.25, 0.3) is 21.9 Å². The molecule has 2 heterocycles. The van der Waals surface area contributed by atoms with E-state index >= 15 is 0 Å². The van der Waals surface area contributed by atoms with Gasteiger partial charge in [-0.3, -0.25) is 0 Å². The summed E-state index contributed by atoms with van der Waals surface area (Å²) in [5.74, 6) is 0.468. The summed E-state index contributed by atoms with van der Waals surface area (Å²) in [7, 11) is 0. The fourth-order valence-electron chi connectivity index (χ4n) is 2.53. The van der Waals surface area contributed by atoms with Crippen molar-refractivity contribution in [2.24, 2.45) is 0 Å². The Labute approximate surface area is 134 Å².